The Hall–Kier alpha value is 0.330. The SMILES string of the molecule is O=P(OCCBr)(OCCBr)c1ccccc1. The summed E-state index contributed by atoms with van der Waals surface area (Å²) < 4.78 is 23.1. The van der Waals surface area contributed by atoms with Crippen molar-refractivity contribution in [3.8, 4) is 0 Å². The molecule has 0 heterocycles. The minimum Gasteiger partial charge on any atom is -0.304 e. The van der Waals surface area contributed by atoms with Crippen molar-refractivity contribution in [3.05, 3.63) is 30.3 Å². The molecule has 0 unspecified atom stereocenters. The average molecular weight is 372 g/mol. The number of alkyl halides is 2. The first-order valence-electron chi connectivity index (χ1n) is 4.79. The van der Waals surface area contributed by atoms with Gasteiger partial charge in [0.1, 0.15) is 0 Å². The first-order chi connectivity index (χ1) is 7.73. The lowest BCUT2D eigenvalue weighted by atomic mass is 10.4. The number of hydrogen-bond donors (Lipinski definition) is 0. The van der Waals surface area contributed by atoms with E-state index in [4.69, 9.17) is 9.05 Å². The van der Waals surface area contributed by atoms with Gasteiger partial charge in [0.25, 0.3) is 0 Å². The van der Waals surface area contributed by atoms with Crippen LogP contribution in [0.1, 0.15) is 0 Å². The van der Waals surface area contributed by atoms with Gasteiger partial charge in [0.05, 0.1) is 18.5 Å². The second-order valence-corrected chi connectivity index (χ2v) is 6.49. The number of halogens is 2. The number of hydrogen-bond acceptors (Lipinski definition) is 3. The molecule has 0 aromatic heterocycles. The molecular formula is C10H13Br2O3P. The molecular weight excluding hydrogens is 359 g/mol. The standard InChI is InChI=1S/C10H13Br2O3P/c11-6-8-14-16(13,15-9-7-12)10-4-2-1-3-5-10/h1-5H,6-9H2. The molecule has 16 heavy (non-hydrogen) atoms. The third-order valence-corrected chi connectivity index (χ3v) is 4.37. The van der Waals surface area contributed by atoms with Crippen molar-refractivity contribution in [2.45, 2.75) is 0 Å². The summed E-state index contributed by atoms with van der Waals surface area (Å²) in [4.78, 5) is 0. The minimum absolute atomic E-state index is 0.356. The predicted octanol–water partition coefficient (Wildman–Crippen LogP) is 3.33. The highest BCUT2D eigenvalue weighted by Gasteiger charge is 2.26. The van der Waals surface area contributed by atoms with Crippen molar-refractivity contribution >= 4 is 44.8 Å². The minimum atomic E-state index is -3.16. The van der Waals surface area contributed by atoms with E-state index >= 15 is 0 Å². The zero-order valence-electron chi connectivity index (χ0n) is 8.64. The van der Waals surface area contributed by atoms with Crippen molar-refractivity contribution in [1.29, 1.82) is 0 Å². The van der Waals surface area contributed by atoms with Crippen molar-refractivity contribution in [2.24, 2.45) is 0 Å². The zero-order chi connectivity index (χ0) is 11.9. The Bertz CT molecular complexity index is 333. The lowest BCUT2D eigenvalue weighted by Gasteiger charge is -2.17. The summed E-state index contributed by atoms with van der Waals surface area (Å²) in [6.45, 7) is 0.711. The van der Waals surface area contributed by atoms with Crippen LogP contribution in [0.2, 0.25) is 0 Å². The van der Waals surface area contributed by atoms with Crippen LogP contribution in [0.25, 0.3) is 0 Å². The summed E-state index contributed by atoms with van der Waals surface area (Å²) in [7, 11) is -3.16. The fourth-order valence-corrected chi connectivity index (χ4v) is 3.50. The number of rotatable bonds is 7. The molecule has 0 bridgehead atoms. The highest BCUT2D eigenvalue weighted by molar-refractivity contribution is 9.09. The molecule has 0 fully saturated rings. The molecule has 6 heteroatoms. The molecule has 1 rings (SSSR count). The maximum atomic E-state index is 12.4. The summed E-state index contributed by atoms with van der Waals surface area (Å²) in [6, 6.07) is 9.00. The van der Waals surface area contributed by atoms with Crippen LogP contribution in [0.5, 0.6) is 0 Å². The molecule has 0 saturated heterocycles. The molecule has 0 N–H and O–H groups in total. The van der Waals surface area contributed by atoms with Gasteiger partial charge in [-0.25, -0.2) is 0 Å². The van der Waals surface area contributed by atoms with E-state index in [2.05, 4.69) is 31.9 Å². The van der Waals surface area contributed by atoms with E-state index in [0.717, 1.165) is 0 Å². The molecule has 0 radical (unpaired) electrons. The van der Waals surface area contributed by atoms with Crippen LogP contribution in [0, 0.1) is 0 Å². The van der Waals surface area contributed by atoms with Gasteiger partial charge in [0, 0.05) is 10.7 Å². The smallest absolute Gasteiger partial charge is 0.304 e. The first kappa shape index (κ1) is 14.4. The molecule has 90 valence electrons. The monoisotopic (exact) mass is 370 g/mol. The van der Waals surface area contributed by atoms with E-state index in [1.165, 1.54) is 0 Å². The molecule has 0 atom stereocenters. The maximum Gasteiger partial charge on any atom is 0.361 e. The maximum absolute atomic E-state index is 12.4. The fraction of sp³-hybridized carbons (Fsp3) is 0.400. The first-order valence-corrected chi connectivity index (χ1v) is 8.58. The van der Waals surface area contributed by atoms with Gasteiger partial charge in [0.2, 0.25) is 0 Å². The molecule has 3 nitrogen and oxygen atoms in total. The van der Waals surface area contributed by atoms with E-state index in [9.17, 15) is 4.57 Å². The normalized spacial score (nSPS) is 11.6. The molecule has 0 saturated carbocycles. The van der Waals surface area contributed by atoms with E-state index in [1.807, 2.05) is 18.2 Å². The van der Waals surface area contributed by atoms with E-state index < -0.39 is 7.60 Å². The molecule has 0 spiro atoms. The summed E-state index contributed by atoms with van der Waals surface area (Å²) >= 11 is 6.46. The van der Waals surface area contributed by atoms with Crippen LogP contribution in [-0.2, 0) is 13.6 Å². The number of benzene rings is 1. The highest BCUT2D eigenvalue weighted by atomic mass is 79.9. The molecule has 0 aliphatic rings. The lowest BCUT2D eigenvalue weighted by molar-refractivity contribution is 0.233. The van der Waals surface area contributed by atoms with E-state index in [-0.39, 0.29) is 0 Å². The molecule has 0 amide bonds. The van der Waals surface area contributed by atoms with Gasteiger partial charge in [0.15, 0.2) is 0 Å². The Morgan fingerprint density at radius 1 is 1.00 bits per heavy atom. The fourth-order valence-electron chi connectivity index (χ4n) is 1.11. The molecule has 0 aliphatic carbocycles. The Morgan fingerprint density at radius 3 is 1.94 bits per heavy atom. The van der Waals surface area contributed by atoms with Gasteiger partial charge < -0.3 is 9.05 Å². The Morgan fingerprint density at radius 2 is 1.50 bits per heavy atom. The summed E-state index contributed by atoms with van der Waals surface area (Å²) in [5, 5.41) is 1.85. The zero-order valence-corrected chi connectivity index (χ0v) is 12.7. The summed E-state index contributed by atoms with van der Waals surface area (Å²) in [5.41, 5.74) is 0. The van der Waals surface area contributed by atoms with Gasteiger partial charge in [-0.1, -0.05) is 50.1 Å². The topological polar surface area (TPSA) is 35.5 Å². The summed E-state index contributed by atoms with van der Waals surface area (Å²) in [6.07, 6.45) is 0. The van der Waals surface area contributed by atoms with Crippen LogP contribution >= 0.6 is 39.5 Å². The Kier molecular flexibility index (Phi) is 6.85. The third-order valence-electron chi connectivity index (χ3n) is 1.75. The van der Waals surface area contributed by atoms with Crippen LogP contribution in [0.4, 0.5) is 0 Å². The van der Waals surface area contributed by atoms with Gasteiger partial charge >= 0.3 is 7.60 Å². The molecule has 1 aromatic carbocycles. The van der Waals surface area contributed by atoms with E-state index in [1.54, 1.807) is 12.1 Å². The Balaban J connectivity index is 2.82. The Labute approximate surface area is 112 Å². The van der Waals surface area contributed by atoms with Crippen molar-refractivity contribution in [2.75, 3.05) is 23.9 Å². The highest BCUT2D eigenvalue weighted by Crippen LogP contribution is 2.46. The third kappa shape index (κ3) is 4.30. The lowest BCUT2D eigenvalue weighted by Crippen LogP contribution is -2.12. The van der Waals surface area contributed by atoms with Crippen LogP contribution < -0.4 is 5.30 Å². The average Bonchev–Trinajstić information content (AvgIpc) is 2.35. The largest absolute Gasteiger partial charge is 0.361 e. The molecule has 1 aromatic rings. The van der Waals surface area contributed by atoms with Crippen molar-refractivity contribution in [1.82, 2.24) is 0 Å². The molecule has 0 aliphatic heterocycles. The van der Waals surface area contributed by atoms with Crippen molar-refractivity contribution < 1.29 is 13.6 Å². The van der Waals surface area contributed by atoms with Crippen molar-refractivity contribution in [3.63, 3.8) is 0 Å². The van der Waals surface area contributed by atoms with Crippen LogP contribution in [0.3, 0.4) is 0 Å². The van der Waals surface area contributed by atoms with Crippen LogP contribution in [-0.4, -0.2) is 23.9 Å². The van der Waals surface area contributed by atoms with Gasteiger partial charge in [-0.3, -0.25) is 4.57 Å². The van der Waals surface area contributed by atoms with Gasteiger partial charge in [-0.2, -0.15) is 0 Å². The predicted molar refractivity (Wildman–Crippen MR) is 73.2 cm³/mol. The van der Waals surface area contributed by atoms with E-state index in [0.29, 0.717) is 29.2 Å². The van der Waals surface area contributed by atoms with Crippen LogP contribution in [0.15, 0.2) is 30.3 Å². The van der Waals surface area contributed by atoms with Gasteiger partial charge in [-0.15, -0.1) is 0 Å². The second kappa shape index (κ2) is 7.62. The second-order valence-electron chi connectivity index (χ2n) is 2.88. The quantitative estimate of drug-likeness (QED) is 0.544. The van der Waals surface area contributed by atoms with Gasteiger partial charge in [-0.05, 0) is 12.1 Å². The summed E-state index contributed by atoms with van der Waals surface area (Å²) in [5.74, 6) is 0.